The van der Waals surface area contributed by atoms with Crippen molar-refractivity contribution >= 4 is 0 Å². The molecule has 0 aliphatic heterocycles. The van der Waals surface area contributed by atoms with Crippen LogP contribution in [0.4, 0.5) is 4.39 Å². The van der Waals surface area contributed by atoms with Crippen LogP contribution in [0.2, 0.25) is 0 Å². The average Bonchev–Trinajstić information content (AvgIpc) is 2.98. The highest BCUT2D eigenvalue weighted by Crippen LogP contribution is 2.24. The summed E-state index contributed by atoms with van der Waals surface area (Å²) in [6, 6.07) is 14.6. The minimum atomic E-state index is -0.236. The summed E-state index contributed by atoms with van der Waals surface area (Å²) in [5.41, 5.74) is 4.14. The first-order chi connectivity index (χ1) is 10.3. The van der Waals surface area contributed by atoms with E-state index in [1.54, 1.807) is 24.7 Å². The van der Waals surface area contributed by atoms with Gasteiger partial charge in [-0.1, -0.05) is 18.2 Å². The van der Waals surface area contributed by atoms with Crippen LogP contribution in [0, 0.1) is 5.82 Å². The van der Waals surface area contributed by atoms with Crippen LogP contribution in [0.25, 0.3) is 16.9 Å². The van der Waals surface area contributed by atoms with Crippen LogP contribution in [0.1, 0.15) is 5.56 Å². The number of hydrogen-bond acceptors (Lipinski definition) is 2. The molecule has 3 nitrogen and oxygen atoms in total. The highest BCUT2D eigenvalue weighted by atomic mass is 19.1. The molecule has 106 valence electrons. The Morgan fingerprint density at radius 3 is 2.62 bits per heavy atom. The Morgan fingerprint density at radius 2 is 1.86 bits per heavy atom. The van der Waals surface area contributed by atoms with Gasteiger partial charge in [-0.3, -0.25) is 4.57 Å². The Labute approximate surface area is 123 Å². The van der Waals surface area contributed by atoms with E-state index in [0.717, 1.165) is 23.5 Å². The number of nitrogens with zero attached hydrogens (tertiary/aromatic N) is 2. The topological polar surface area (TPSA) is 29.9 Å². The molecule has 0 aliphatic rings. The van der Waals surface area contributed by atoms with Crippen molar-refractivity contribution < 1.29 is 4.39 Å². The highest BCUT2D eigenvalue weighted by Gasteiger charge is 2.10. The molecule has 0 radical (unpaired) electrons. The minimum Gasteiger partial charge on any atom is -0.316 e. The SMILES string of the molecule is CNCc1ccccc1-n1cncc1-c1ccc(F)cc1. The smallest absolute Gasteiger partial charge is 0.123 e. The Morgan fingerprint density at radius 1 is 1.10 bits per heavy atom. The third kappa shape index (κ3) is 2.71. The van der Waals surface area contributed by atoms with E-state index < -0.39 is 0 Å². The zero-order valence-corrected chi connectivity index (χ0v) is 11.8. The molecule has 21 heavy (non-hydrogen) atoms. The van der Waals surface area contributed by atoms with Gasteiger partial charge in [-0.15, -0.1) is 0 Å². The monoisotopic (exact) mass is 281 g/mol. The van der Waals surface area contributed by atoms with Crippen LogP contribution in [0.5, 0.6) is 0 Å². The summed E-state index contributed by atoms with van der Waals surface area (Å²) in [6.07, 6.45) is 3.58. The van der Waals surface area contributed by atoms with Crippen molar-refractivity contribution in [3.8, 4) is 16.9 Å². The number of nitrogens with one attached hydrogen (secondary N) is 1. The number of rotatable bonds is 4. The molecule has 2 aromatic carbocycles. The Hall–Kier alpha value is -2.46. The Kier molecular flexibility index (Phi) is 3.79. The van der Waals surface area contributed by atoms with Crippen LogP contribution in [0.15, 0.2) is 61.1 Å². The quantitative estimate of drug-likeness (QED) is 0.794. The van der Waals surface area contributed by atoms with Gasteiger partial charge in [0.1, 0.15) is 5.82 Å². The van der Waals surface area contributed by atoms with Gasteiger partial charge in [-0.2, -0.15) is 0 Å². The molecule has 1 N–H and O–H groups in total. The normalized spacial score (nSPS) is 10.8. The maximum absolute atomic E-state index is 13.1. The molecule has 0 fully saturated rings. The Balaban J connectivity index is 2.09. The molecule has 0 spiro atoms. The van der Waals surface area contributed by atoms with Gasteiger partial charge < -0.3 is 5.32 Å². The first kappa shape index (κ1) is 13.5. The van der Waals surface area contributed by atoms with Gasteiger partial charge in [0.2, 0.25) is 0 Å². The minimum absolute atomic E-state index is 0.236. The summed E-state index contributed by atoms with van der Waals surface area (Å²) in [7, 11) is 1.92. The third-order valence-corrected chi connectivity index (χ3v) is 3.40. The lowest BCUT2D eigenvalue weighted by molar-refractivity contribution is 0.628. The molecular formula is C17H16FN3. The first-order valence-electron chi connectivity index (χ1n) is 6.81. The van der Waals surface area contributed by atoms with Crippen molar-refractivity contribution in [3.05, 3.63) is 72.4 Å². The van der Waals surface area contributed by atoms with E-state index in [1.807, 2.05) is 23.7 Å². The maximum Gasteiger partial charge on any atom is 0.123 e. The summed E-state index contributed by atoms with van der Waals surface area (Å²) in [4.78, 5) is 4.25. The van der Waals surface area contributed by atoms with Crippen LogP contribution >= 0.6 is 0 Å². The number of halogens is 1. The van der Waals surface area contributed by atoms with Gasteiger partial charge in [0.15, 0.2) is 0 Å². The molecule has 0 amide bonds. The van der Waals surface area contributed by atoms with Gasteiger partial charge in [-0.25, -0.2) is 9.37 Å². The van der Waals surface area contributed by atoms with Crippen LogP contribution < -0.4 is 5.32 Å². The molecule has 3 aromatic rings. The molecule has 0 atom stereocenters. The van der Waals surface area contributed by atoms with E-state index >= 15 is 0 Å². The van der Waals surface area contributed by atoms with Gasteiger partial charge in [0.05, 0.1) is 23.9 Å². The lowest BCUT2D eigenvalue weighted by atomic mass is 10.1. The second kappa shape index (κ2) is 5.89. The summed E-state index contributed by atoms with van der Waals surface area (Å²) in [5, 5.41) is 3.17. The van der Waals surface area contributed by atoms with Crippen molar-refractivity contribution in [2.24, 2.45) is 0 Å². The molecule has 1 aromatic heterocycles. The van der Waals surface area contributed by atoms with Crippen molar-refractivity contribution in [1.29, 1.82) is 0 Å². The molecule has 3 rings (SSSR count). The van der Waals surface area contributed by atoms with E-state index in [1.165, 1.54) is 17.7 Å². The molecule has 0 saturated carbocycles. The Bertz CT molecular complexity index is 732. The number of hydrogen-bond donors (Lipinski definition) is 1. The van der Waals surface area contributed by atoms with Crippen LogP contribution in [-0.2, 0) is 6.54 Å². The second-order valence-electron chi connectivity index (χ2n) is 4.81. The van der Waals surface area contributed by atoms with Crippen LogP contribution in [-0.4, -0.2) is 16.6 Å². The molecule has 0 bridgehead atoms. The van der Waals surface area contributed by atoms with E-state index in [-0.39, 0.29) is 5.82 Å². The third-order valence-electron chi connectivity index (χ3n) is 3.40. The van der Waals surface area contributed by atoms with Crippen LogP contribution in [0.3, 0.4) is 0 Å². The van der Waals surface area contributed by atoms with Gasteiger partial charge >= 0.3 is 0 Å². The maximum atomic E-state index is 13.1. The average molecular weight is 281 g/mol. The summed E-state index contributed by atoms with van der Waals surface area (Å²) >= 11 is 0. The van der Waals surface area contributed by atoms with Crippen molar-refractivity contribution in [2.45, 2.75) is 6.54 Å². The number of benzene rings is 2. The second-order valence-corrected chi connectivity index (χ2v) is 4.81. The molecule has 1 heterocycles. The molecule has 4 heteroatoms. The fourth-order valence-corrected chi connectivity index (χ4v) is 2.41. The number of aromatic nitrogens is 2. The first-order valence-corrected chi connectivity index (χ1v) is 6.81. The predicted octanol–water partition coefficient (Wildman–Crippen LogP) is 3.40. The molecule has 0 unspecified atom stereocenters. The largest absolute Gasteiger partial charge is 0.316 e. The van der Waals surface area contributed by atoms with Gasteiger partial charge in [0, 0.05) is 12.1 Å². The van der Waals surface area contributed by atoms with Crippen molar-refractivity contribution in [1.82, 2.24) is 14.9 Å². The van der Waals surface area contributed by atoms with Gasteiger partial charge in [-0.05, 0) is 42.9 Å². The van der Waals surface area contributed by atoms with E-state index in [2.05, 4.69) is 22.4 Å². The van der Waals surface area contributed by atoms with Crippen molar-refractivity contribution in [3.63, 3.8) is 0 Å². The summed E-state index contributed by atoms with van der Waals surface area (Å²) in [6.45, 7) is 0.775. The van der Waals surface area contributed by atoms with E-state index in [4.69, 9.17) is 0 Å². The molecule has 0 saturated heterocycles. The van der Waals surface area contributed by atoms with E-state index in [0.29, 0.717) is 0 Å². The molecule has 0 aliphatic carbocycles. The lowest BCUT2D eigenvalue weighted by Crippen LogP contribution is -2.09. The highest BCUT2D eigenvalue weighted by molar-refractivity contribution is 5.62. The predicted molar refractivity (Wildman–Crippen MR) is 81.7 cm³/mol. The van der Waals surface area contributed by atoms with E-state index in [9.17, 15) is 4.39 Å². The fourth-order valence-electron chi connectivity index (χ4n) is 2.41. The zero-order chi connectivity index (χ0) is 14.7. The number of imidazole rings is 1. The fraction of sp³-hybridized carbons (Fsp3) is 0.118. The summed E-state index contributed by atoms with van der Waals surface area (Å²) < 4.78 is 15.1. The zero-order valence-electron chi connectivity index (χ0n) is 11.8. The summed E-state index contributed by atoms with van der Waals surface area (Å²) in [5.74, 6) is -0.236. The number of para-hydroxylation sites is 1. The lowest BCUT2D eigenvalue weighted by Gasteiger charge is -2.13. The molecular weight excluding hydrogens is 265 g/mol. The standard InChI is InChI=1S/C17H16FN3/c1-19-10-14-4-2-3-5-16(14)21-12-20-11-17(21)13-6-8-15(18)9-7-13/h2-9,11-12,19H,10H2,1H3. The van der Waals surface area contributed by atoms with Crippen molar-refractivity contribution in [2.75, 3.05) is 7.05 Å². The van der Waals surface area contributed by atoms with Gasteiger partial charge in [0.25, 0.3) is 0 Å².